The molecule has 1 fully saturated rings. The summed E-state index contributed by atoms with van der Waals surface area (Å²) >= 11 is 0. The van der Waals surface area contributed by atoms with Gasteiger partial charge < -0.3 is 14.5 Å². The first-order valence-electron chi connectivity index (χ1n) is 9.92. The zero-order valence-corrected chi connectivity index (χ0v) is 16.8. The third-order valence-corrected chi connectivity index (χ3v) is 5.01. The van der Waals surface area contributed by atoms with E-state index in [4.69, 9.17) is 9.15 Å². The molecular weight excluding hydrogens is 384 g/mol. The summed E-state index contributed by atoms with van der Waals surface area (Å²) in [5.74, 6) is 0.733. The summed E-state index contributed by atoms with van der Waals surface area (Å²) in [5, 5.41) is 15.0. The number of hydrogen-bond acceptors (Lipinski definition) is 7. The third-order valence-electron chi connectivity index (χ3n) is 5.01. The maximum absolute atomic E-state index is 13.2. The lowest BCUT2D eigenvalue weighted by Crippen LogP contribution is -2.47. The van der Waals surface area contributed by atoms with E-state index in [0.717, 1.165) is 18.7 Å². The number of tetrazole rings is 1. The molecule has 1 amide bonds. The van der Waals surface area contributed by atoms with Gasteiger partial charge in [0.1, 0.15) is 11.5 Å². The monoisotopic (exact) mass is 408 g/mol. The van der Waals surface area contributed by atoms with E-state index in [-0.39, 0.29) is 17.6 Å². The van der Waals surface area contributed by atoms with E-state index < -0.39 is 0 Å². The van der Waals surface area contributed by atoms with Crippen molar-refractivity contribution in [3.05, 3.63) is 54.5 Å². The van der Waals surface area contributed by atoms with E-state index in [1.807, 2.05) is 30.3 Å². The normalized spacial score (nSPS) is 16.4. The second-order valence-electron chi connectivity index (χ2n) is 7.03. The third kappa shape index (κ3) is 4.64. The molecule has 156 valence electrons. The highest BCUT2D eigenvalue weighted by atomic mass is 16.5. The van der Waals surface area contributed by atoms with Crippen LogP contribution in [0.4, 0.5) is 0 Å². The molecule has 1 saturated heterocycles. The SMILES string of the molecule is CC(CNC(=O)/C(=C/c1ccco1)n1nnnc1-c1ccccc1)N1CCOCC1. The molecule has 1 atom stereocenters. The quantitative estimate of drug-likeness (QED) is 0.595. The Balaban J connectivity index is 1.57. The molecule has 30 heavy (non-hydrogen) atoms. The molecule has 3 aromatic rings. The minimum Gasteiger partial charge on any atom is -0.465 e. The predicted octanol–water partition coefficient (Wildman–Crippen LogP) is 1.77. The van der Waals surface area contributed by atoms with Crippen LogP contribution in [-0.2, 0) is 9.53 Å². The average Bonchev–Trinajstić information content (AvgIpc) is 3.49. The van der Waals surface area contributed by atoms with Gasteiger partial charge in [-0.05, 0) is 29.5 Å². The Labute approximate surface area is 174 Å². The molecule has 0 radical (unpaired) electrons. The number of morpholine rings is 1. The number of benzene rings is 1. The maximum Gasteiger partial charge on any atom is 0.270 e. The summed E-state index contributed by atoms with van der Waals surface area (Å²) < 4.78 is 12.3. The van der Waals surface area contributed by atoms with Gasteiger partial charge in [0, 0.05) is 37.3 Å². The van der Waals surface area contributed by atoms with E-state index in [2.05, 4.69) is 32.7 Å². The van der Waals surface area contributed by atoms with Crippen molar-refractivity contribution >= 4 is 17.7 Å². The number of aromatic nitrogens is 4. The van der Waals surface area contributed by atoms with Gasteiger partial charge in [0.25, 0.3) is 5.91 Å². The van der Waals surface area contributed by atoms with Gasteiger partial charge in [0.2, 0.25) is 0 Å². The van der Waals surface area contributed by atoms with Gasteiger partial charge in [-0.15, -0.1) is 5.10 Å². The van der Waals surface area contributed by atoms with Crippen molar-refractivity contribution in [3.8, 4) is 11.4 Å². The number of hydrogen-bond donors (Lipinski definition) is 1. The van der Waals surface area contributed by atoms with Crippen molar-refractivity contribution < 1.29 is 13.9 Å². The van der Waals surface area contributed by atoms with Crippen LogP contribution in [0.3, 0.4) is 0 Å². The van der Waals surface area contributed by atoms with Crippen LogP contribution in [0.15, 0.2) is 53.1 Å². The molecule has 1 N–H and O–H groups in total. The molecule has 0 bridgehead atoms. The van der Waals surface area contributed by atoms with Gasteiger partial charge in [0.05, 0.1) is 19.5 Å². The largest absolute Gasteiger partial charge is 0.465 e. The first-order chi connectivity index (χ1) is 14.7. The standard InChI is InChI=1S/C21H24N6O3/c1-16(26-9-12-29-13-10-26)15-22-21(28)19(14-18-8-5-11-30-18)27-20(23-24-25-27)17-6-3-2-4-7-17/h2-8,11,14,16H,9-10,12-13,15H2,1H3,(H,22,28)/b19-14-. The number of carbonyl (C=O) groups is 1. The molecule has 2 aromatic heterocycles. The molecule has 0 aliphatic carbocycles. The Bertz CT molecular complexity index is 977. The molecule has 9 heteroatoms. The van der Waals surface area contributed by atoms with Crippen molar-refractivity contribution in [2.75, 3.05) is 32.8 Å². The van der Waals surface area contributed by atoms with Gasteiger partial charge in [-0.2, -0.15) is 4.68 Å². The van der Waals surface area contributed by atoms with E-state index in [1.165, 1.54) is 4.68 Å². The van der Waals surface area contributed by atoms with E-state index >= 15 is 0 Å². The molecule has 3 heterocycles. The maximum atomic E-state index is 13.2. The summed E-state index contributed by atoms with van der Waals surface area (Å²) in [6, 6.07) is 13.2. The zero-order chi connectivity index (χ0) is 20.8. The lowest BCUT2D eigenvalue weighted by atomic mass is 10.2. The second-order valence-corrected chi connectivity index (χ2v) is 7.03. The summed E-state index contributed by atoms with van der Waals surface area (Å²) in [6.45, 7) is 5.74. The summed E-state index contributed by atoms with van der Waals surface area (Å²) in [5.41, 5.74) is 1.09. The number of furan rings is 1. The molecule has 1 aliphatic heterocycles. The van der Waals surface area contributed by atoms with E-state index in [0.29, 0.717) is 31.3 Å². The van der Waals surface area contributed by atoms with Crippen LogP contribution >= 0.6 is 0 Å². The fraction of sp³-hybridized carbons (Fsp3) is 0.333. The minimum absolute atomic E-state index is 0.185. The van der Waals surface area contributed by atoms with Crippen LogP contribution in [0.2, 0.25) is 0 Å². The summed E-state index contributed by atoms with van der Waals surface area (Å²) in [6.07, 6.45) is 3.19. The Hall–Kier alpha value is -3.30. The lowest BCUT2D eigenvalue weighted by Gasteiger charge is -2.32. The van der Waals surface area contributed by atoms with Gasteiger partial charge >= 0.3 is 0 Å². The van der Waals surface area contributed by atoms with Crippen molar-refractivity contribution in [1.82, 2.24) is 30.4 Å². The van der Waals surface area contributed by atoms with Crippen molar-refractivity contribution in [2.24, 2.45) is 0 Å². The first-order valence-corrected chi connectivity index (χ1v) is 9.92. The summed E-state index contributed by atoms with van der Waals surface area (Å²) in [4.78, 5) is 15.5. The molecule has 0 saturated carbocycles. The number of nitrogens with one attached hydrogen (secondary N) is 1. The number of ether oxygens (including phenoxy) is 1. The van der Waals surface area contributed by atoms with Crippen molar-refractivity contribution in [1.29, 1.82) is 0 Å². The molecule has 1 aliphatic rings. The van der Waals surface area contributed by atoms with Crippen LogP contribution in [0.25, 0.3) is 23.2 Å². The van der Waals surface area contributed by atoms with Gasteiger partial charge in [-0.1, -0.05) is 30.3 Å². The predicted molar refractivity (Wildman–Crippen MR) is 111 cm³/mol. The fourth-order valence-corrected chi connectivity index (χ4v) is 3.33. The van der Waals surface area contributed by atoms with Crippen LogP contribution in [0.5, 0.6) is 0 Å². The highest BCUT2D eigenvalue weighted by Gasteiger charge is 2.22. The van der Waals surface area contributed by atoms with Gasteiger partial charge in [-0.3, -0.25) is 9.69 Å². The van der Waals surface area contributed by atoms with Crippen LogP contribution in [0, 0.1) is 0 Å². The van der Waals surface area contributed by atoms with Crippen LogP contribution in [-0.4, -0.2) is 69.9 Å². The lowest BCUT2D eigenvalue weighted by molar-refractivity contribution is -0.116. The Kier molecular flexibility index (Phi) is 6.31. The topological polar surface area (TPSA) is 98.3 Å². The van der Waals surface area contributed by atoms with Gasteiger partial charge in [-0.25, -0.2) is 0 Å². The molecular formula is C21H24N6O3. The van der Waals surface area contributed by atoms with Crippen LogP contribution in [0.1, 0.15) is 12.7 Å². The Morgan fingerprint density at radius 1 is 1.20 bits per heavy atom. The highest BCUT2D eigenvalue weighted by molar-refractivity contribution is 6.18. The minimum atomic E-state index is -0.281. The molecule has 0 spiro atoms. The first kappa shape index (κ1) is 20.0. The average molecular weight is 408 g/mol. The number of carbonyl (C=O) groups excluding carboxylic acids is 1. The van der Waals surface area contributed by atoms with Crippen molar-refractivity contribution in [2.45, 2.75) is 13.0 Å². The molecule has 4 rings (SSSR count). The molecule has 9 nitrogen and oxygen atoms in total. The van der Waals surface area contributed by atoms with Gasteiger partial charge in [0.15, 0.2) is 5.82 Å². The Morgan fingerprint density at radius 2 is 2.00 bits per heavy atom. The summed E-state index contributed by atoms with van der Waals surface area (Å²) in [7, 11) is 0. The number of nitrogens with zero attached hydrogens (tertiary/aromatic N) is 5. The molecule has 1 unspecified atom stereocenters. The number of amides is 1. The highest BCUT2D eigenvalue weighted by Crippen LogP contribution is 2.20. The Morgan fingerprint density at radius 3 is 2.73 bits per heavy atom. The van der Waals surface area contributed by atoms with E-state index in [1.54, 1.807) is 24.5 Å². The smallest absolute Gasteiger partial charge is 0.270 e. The second kappa shape index (κ2) is 9.47. The molecule has 1 aromatic carbocycles. The number of rotatable bonds is 7. The van der Waals surface area contributed by atoms with E-state index in [9.17, 15) is 4.79 Å². The van der Waals surface area contributed by atoms with Crippen molar-refractivity contribution in [3.63, 3.8) is 0 Å². The van der Waals surface area contributed by atoms with Crippen LogP contribution < -0.4 is 5.32 Å². The fourth-order valence-electron chi connectivity index (χ4n) is 3.33. The zero-order valence-electron chi connectivity index (χ0n) is 16.8.